The van der Waals surface area contributed by atoms with Gasteiger partial charge in [0.25, 0.3) is 0 Å². The Bertz CT molecular complexity index is 104. The van der Waals surface area contributed by atoms with Crippen LogP contribution in [0.25, 0.3) is 0 Å². The summed E-state index contributed by atoms with van der Waals surface area (Å²) in [6.45, 7) is 2.99. The molecule has 8 heteroatoms. The third-order valence-corrected chi connectivity index (χ3v) is 0.493. The first-order chi connectivity index (χ1) is 4.27. The summed E-state index contributed by atoms with van der Waals surface area (Å²) in [7, 11) is 0. The summed E-state index contributed by atoms with van der Waals surface area (Å²) in [4.78, 5) is 0. The van der Waals surface area contributed by atoms with Crippen molar-refractivity contribution in [2.24, 2.45) is 0 Å². The Morgan fingerprint density at radius 3 is 1.73 bits per heavy atom. The predicted octanol–water partition coefficient (Wildman–Crippen LogP) is -6.40. The summed E-state index contributed by atoms with van der Waals surface area (Å²) in [5.41, 5.74) is 7.32. The molecule has 0 radical (unpaired) electrons. The van der Waals surface area contributed by atoms with Crippen LogP contribution in [0, 0.1) is 0 Å². The monoisotopic (exact) mass is 234 g/mol. The fourth-order valence-corrected chi connectivity index (χ4v) is 0. The van der Waals surface area contributed by atoms with Crippen LogP contribution in [-0.2, 0) is 3.74 Å². The van der Waals surface area contributed by atoms with Crippen LogP contribution in [0.5, 0.6) is 0 Å². The van der Waals surface area contributed by atoms with E-state index in [-0.39, 0.29) is 5.48 Å². The molecule has 0 saturated heterocycles. The molecule has 0 unspecified atom stereocenters. The van der Waals surface area contributed by atoms with Crippen LogP contribution >= 0.6 is 0 Å². The maximum absolute atomic E-state index is 8.72. The van der Waals surface area contributed by atoms with E-state index in [9.17, 15) is 0 Å². The first-order valence-electron chi connectivity index (χ1n) is 2.64. The Morgan fingerprint density at radius 2 is 1.73 bits per heavy atom. The van der Waals surface area contributed by atoms with Gasteiger partial charge in [-0.15, -0.1) is 0 Å². The number of hydrogen-bond acceptors (Lipinski definition) is 3. The average molecular weight is 234 g/mol. The summed E-state index contributed by atoms with van der Waals surface area (Å²) in [6, 6.07) is 0.523. The molecule has 0 saturated carbocycles. The third kappa shape index (κ3) is 149. The molecule has 0 spiro atoms. The molecule has 0 aliphatic heterocycles. The molecule has 0 aliphatic rings. The second kappa shape index (κ2) is 8.22. The SMILES string of the molecule is C[C@@H]([NH3+])C[NH3+].O.O=[As]([O-])([O-])O. The zero-order valence-corrected chi connectivity index (χ0v) is 8.19. The topological polar surface area (TPSA) is 170 Å². The molecule has 0 aromatic heterocycles. The van der Waals surface area contributed by atoms with E-state index in [2.05, 4.69) is 11.5 Å². The molecular formula is C3H15AsN2O5. The van der Waals surface area contributed by atoms with E-state index in [1.165, 1.54) is 0 Å². The van der Waals surface area contributed by atoms with Gasteiger partial charge in [-0.3, -0.25) is 0 Å². The number of hydrogen-bond donors (Lipinski definition) is 3. The normalized spacial score (nSPS) is 12.2. The Morgan fingerprint density at radius 1 is 1.64 bits per heavy atom. The minimum absolute atomic E-state index is 0. The van der Waals surface area contributed by atoms with Crippen molar-refractivity contribution < 1.29 is 33.0 Å². The Kier molecular flexibility index (Phi) is 12.9. The van der Waals surface area contributed by atoms with Gasteiger partial charge in [-0.25, -0.2) is 0 Å². The molecule has 1 atom stereocenters. The Balaban J connectivity index is -0.000000107. The van der Waals surface area contributed by atoms with Crippen molar-refractivity contribution in [1.29, 1.82) is 0 Å². The molecule has 0 aliphatic carbocycles. The van der Waals surface area contributed by atoms with Gasteiger partial charge < -0.3 is 16.9 Å². The van der Waals surface area contributed by atoms with Gasteiger partial charge in [0.1, 0.15) is 12.6 Å². The molecule has 0 aromatic carbocycles. The Hall–Kier alpha value is 0.118. The molecule has 0 heterocycles. The zero-order valence-electron chi connectivity index (χ0n) is 6.32. The number of quaternary nitrogens is 2. The molecule has 9 N–H and O–H groups in total. The van der Waals surface area contributed by atoms with Crippen molar-refractivity contribution in [2.75, 3.05) is 6.54 Å². The van der Waals surface area contributed by atoms with E-state index < -0.39 is 14.5 Å². The second-order valence-electron chi connectivity index (χ2n) is 1.86. The van der Waals surface area contributed by atoms with Crippen molar-refractivity contribution in [3.05, 3.63) is 0 Å². The first-order valence-corrected chi connectivity index (χ1v) is 5.78. The van der Waals surface area contributed by atoms with Crippen LogP contribution in [0.2, 0.25) is 0 Å². The van der Waals surface area contributed by atoms with Gasteiger partial charge in [-0.05, 0) is 6.92 Å². The van der Waals surface area contributed by atoms with Crippen molar-refractivity contribution in [2.45, 2.75) is 13.0 Å². The van der Waals surface area contributed by atoms with Gasteiger partial charge in [0, 0.05) is 0 Å². The summed E-state index contributed by atoms with van der Waals surface area (Å²) < 4.78 is 33.2. The van der Waals surface area contributed by atoms with Crippen molar-refractivity contribution in [1.82, 2.24) is 0 Å². The predicted molar refractivity (Wildman–Crippen MR) is 32.4 cm³/mol. The molecule has 0 aromatic rings. The molecular weight excluding hydrogens is 219 g/mol. The van der Waals surface area contributed by atoms with Crippen LogP contribution in [0.3, 0.4) is 0 Å². The van der Waals surface area contributed by atoms with E-state index in [1.54, 1.807) is 0 Å². The maximum atomic E-state index is 8.72. The average Bonchev–Trinajstić information content (AvgIpc) is 1.61. The summed E-state index contributed by atoms with van der Waals surface area (Å²) in [5.74, 6) is 0. The van der Waals surface area contributed by atoms with E-state index in [0.29, 0.717) is 6.04 Å². The van der Waals surface area contributed by atoms with E-state index in [4.69, 9.17) is 16.0 Å². The van der Waals surface area contributed by atoms with Crippen molar-refractivity contribution >= 4 is 14.5 Å². The van der Waals surface area contributed by atoms with Gasteiger partial charge in [-0.2, -0.15) is 0 Å². The molecule has 72 valence electrons. The van der Waals surface area contributed by atoms with Crippen LogP contribution < -0.4 is 19.7 Å². The summed E-state index contributed by atoms with van der Waals surface area (Å²) >= 11 is -5.62. The van der Waals surface area contributed by atoms with Gasteiger partial charge in [0.2, 0.25) is 0 Å². The fraction of sp³-hybridized carbons (Fsp3) is 1.00. The molecule has 0 amide bonds. The van der Waals surface area contributed by atoms with E-state index >= 15 is 0 Å². The van der Waals surface area contributed by atoms with Gasteiger partial charge in [0.05, 0.1) is 0 Å². The minimum atomic E-state index is -5.62. The van der Waals surface area contributed by atoms with Crippen LogP contribution in [-0.4, -0.2) is 36.7 Å². The summed E-state index contributed by atoms with van der Waals surface area (Å²) in [6.07, 6.45) is 0. The molecule has 7 nitrogen and oxygen atoms in total. The van der Waals surface area contributed by atoms with Gasteiger partial charge in [-0.1, -0.05) is 0 Å². The molecule has 0 bridgehead atoms. The first kappa shape index (κ1) is 17.3. The molecule has 0 fully saturated rings. The number of rotatable bonds is 1. The van der Waals surface area contributed by atoms with Crippen LogP contribution in [0.1, 0.15) is 6.92 Å². The van der Waals surface area contributed by atoms with Crippen molar-refractivity contribution in [3.8, 4) is 0 Å². The van der Waals surface area contributed by atoms with Gasteiger partial charge >= 0.3 is 30.5 Å². The Labute approximate surface area is 67.7 Å². The van der Waals surface area contributed by atoms with E-state index in [0.717, 1.165) is 6.54 Å². The van der Waals surface area contributed by atoms with Gasteiger partial charge in [0.15, 0.2) is 0 Å². The van der Waals surface area contributed by atoms with E-state index in [1.807, 2.05) is 6.92 Å². The second-order valence-corrected chi connectivity index (χ2v) is 3.83. The van der Waals surface area contributed by atoms with Crippen LogP contribution in [0.15, 0.2) is 0 Å². The standard InChI is InChI=1S/C3H10N2.AsH3O4.H2O/c1-3(5)2-4;2-1(3,4)5;/h3H,2,4-5H2,1H3;(H3,2,3,4,5);1H2/t3-;;/m1../s1. The zero-order chi connectivity index (χ0) is 8.78. The summed E-state index contributed by atoms with van der Waals surface area (Å²) in [5, 5.41) is 0. The molecule has 0 rings (SSSR count). The fourth-order valence-electron chi connectivity index (χ4n) is 0. The quantitative estimate of drug-likeness (QED) is 0.383. The third-order valence-electron chi connectivity index (χ3n) is 0.493. The van der Waals surface area contributed by atoms with Crippen molar-refractivity contribution in [3.63, 3.8) is 0 Å². The molecule has 11 heavy (non-hydrogen) atoms. The van der Waals surface area contributed by atoms with Crippen LogP contribution in [0.4, 0.5) is 0 Å².